The van der Waals surface area contributed by atoms with Gasteiger partial charge in [0.1, 0.15) is 17.2 Å². The van der Waals surface area contributed by atoms with Crippen LogP contribution in [0.3, 0.4) is 0 Å². The first-order valence-corrected chi connectivity index (χ1v) is 8.04. The van der Waals surface area contributed by atoms with Crippen molar-refractivity contribution >= 4 is 0 Å². The van der Waals surface area contributed by atoms with E-state index < -0.39 is 23.4 Å². The zero-order valence-corrected chi connectivity index (χ0v) is 13.5. The van der Waals surface area contributed by atoms with Crippen molar-refractivity contribution in [3.63, 3.8) is 0 Å². The molecule has 0 saturated carbocycles. The van der Waals surface area contributed by atoms with Crippen molar-refractivity contribution in [1.29, 1.82) is 0 Å². The van der Waals surface area contributed by atoms with Crippen LogP contribution in [0.2, 0.25) is 0 Å². The highest BCUT2D eigenvalue weighted by Crippen LogP contribution is 2.36. The summed E-state index contributed by atoms with van der Waals surface area (Å²) in [6.45, 7) is 2.80. The minimum Gasteiger partial charge on any atom is -0.373 e. The molecule has 1 nitrogen and oxygen atoms in total. The first kappa shape index (κ1) is 17.9. The van der Waals surface area contributed by atoms with Crippen molar-refractivity contribution in [2.75, 3.05) is 6.61 Å². The summed E-state index contributed by atoms with van der Waals surface area (Å²) in [6.07, 6.45) is -3.14. The lowest BCUT2D eigenvalue weighted by Gasteiger charge is -2.27. The lowest BCUT2D eigenvalue weighted by atomic mass is 9.94. The van der Waals surface area contributed by atoms with Gasteiger partial charge < -0.3 is 4.74 Å². The number of rotatable bonds is 2. The molecule has 0 radical (unpaired) electrons. The average molecular weight is 356 g/mol. The van der Waals surface area contributed by atoms with Crippen LogP contribution in [0.1, 0.15) is 37.0 Å². The third-order valence-electron chi connectivity index (χ3n) is 4.44. The van der Waals surface area contributed by atoms with Crippen LogP contribution < -0.4 is 0 Å². The van der Waals surface area contributed by atoms with E-state index in [0.717, 1.165) is 18.4 Å². The Morgan fingerprint density at radius 3 is 2.00 bits per heavy atom. The zero-order valence-electron chi connectivity index (χ0n) is 13.5. The number of hydrogen-bond donors (Lipinski definition) is 0. The lowest BCUT2D eigenvalue weighted by Crippen LogP contribution is -2.18. The molecule has 1 aliphatic rings. The Hall–Kier alpha value is -1.95. The molecule has 1 saturated heterocycles. The molecule has 0 spiro atoms. The van der Waals surface area contributed by atoms with Crippen molar-refractivity contribution < 1.29 is 26.7 Å². The molecule has 0 amide bonds. The van der Waals surface area contributed by atoms with E-state index in [4.69, 9.17) is 4.74 Å². The molecule has 0 aromatic heterocycles. The van der Waals surface area contributed by atoms with Gasteiger partial charge in [-0.2, -0.15) is 13.2 Å². The van der Waals surface area contributed by atoms with E-state index >= 15 is 0 Å². The molecule has 6 heteroatoms. The van der Waals surface area contributed by atoms with Gasteiger partial charge in [0.25, 0.3) is 0 Å². The van der Waals surface area contributed by atoms with Gasteiger partial charge in [-0.1, -0.05) is 31.2 Å². The molecule has 134 valence electrons. The number of alkyl halides is 3. The van der Waals surface area contributed by atoms with Gasteiger partial charge in [-0.3, -0.25) is 0 Å². The molecular formula is C19H17F5O. The van der Waals surface area contributed by atoms with Crippen LogP contribution in [0.15, 0.2) is 36.4 Å². The molecule has 2 unspecified atom stereocenters. The Kier molecular flexibility index (Phi) is 4.82. The maximum absolute atomic E-state index is 13.7. The van der Waals surface area contributed by atoms with Crippen LogP contribution >= 0.6 is 0 Å². The van der Waals surface area contributed by atoms with Crippen LogP contribution in [0.5, 0.6) is 0 Å². The monoisotopic (exact) mass is 356 g/mol. The standard InChI is InChI=1S/C19H17F5O/c1-11-2-7-17(25-10-11)13-5-3-12(4-6-13)14-8-15(20)18(16(21)9-14)19(22,23)24/h3-6,8-9,11,17H,2,7,10H2,1H3. The second-order valence-corrected chi connectivity index (χ2v) is 6.44. The summed E-state index contributed by atoms with van der Waals surface area (Å²) in [4.78, 5) is 0. The highest BCUT2D eigenvalue weighted by molar-refractivity contribution is 5.64. The highest BCUT2D eigenvalue weighted by Gasteiger charge is 2.38. The van der Waals surface area contributed by atoms with Crippen LogP contribution in [-0.4, -0.2) is 6.61 Å². The fourth-order valence-electron chi connectivity index (χ4n) is 3.05. The van der Waals surface area contributed by atoms with Crippen LogP contribution in [0.4, 0.5) is 22.0 Å². The van der Waals surface area contributed by atoms with Gasteiger partial charge in [0.15, 0.2) is 0 Å². The fraction of sp³-hybridized carbons (Fsp3) is 0.368. The fourth-order valence-corrected chi connectivity index (χ4v) is 3.05. The molecule has 2 aromatic rings. The minimum atomic E-state index is -5.06. The summed E-state index contributed by atoms with van der Waals surface area (Å²) in [5.41, 5.74) is -0.409. The van der Waals surface area contributed by atoms with Gasteiger partial charge in [-0.15, -0.1) is 0 Å². The first-order chi connectivity index (χ1) is 11.8. The SMILES string of the molecule is CC1CCC(c2ccc(-c3cc(F)c(C(F)(F)F)c(F)c3)cc2)OC1. The van der Waals surface area contributed by atoms with E-state index in [-0.39, 0.29) is 11.7 Å². The Morgan fingerprint density at radius 1 is 0.920 bits per heavy atom. The summed E-state index contributed by atoms with van der Waals surface area (Å²) in [5.74, 6) is -2.71. The predicted octanol–water partition coefficient (Wildman–Crippen LogP) is 6.14. The molecule has 1 fully saturated rings. The van der Waals surface area contributed by atoms with Crippen molar-refractivity contribution in [3.8, 4) is 11.1 Å². The zero-order chi connectivity index (χ0) is 18.2. The Labute approximate surface area is 142 Å². The van der Waals surface area contributed by atoms with Gasteiger partial charge in [0.2, 0.25) is 0 Å². The second kappa shape index (κ2) is 6.75. The number of ether oxygens (including phenoxy) is 1. The van der Waals surface area contributed by atoms with Crippen LogP contribution in [0, 0.1) is 17.6 Å². The van der Waals surface area contributed by atoms with Gasteiger partial charge in [-0.25, -0.2) is 8.78 Å². The van der Waals surface area contributed by atoms with Gasteiger partial charge in [-0.05, 0) is 47.6 Å². The van der Waals surface area contributed by atoms with E-state index in [1.165, 1.54) is 0 Å². The summed E-state index contributed by atoms with van der Waals surface area (Å²) in [7, 11) is 0. The molecule has 0 N–H and O–H groups in total. The summed E-state index contributed by atoms with van der Waals surface area (Å²) >= 11 is 0. The quantitative estimate of drug-likeness (QED) is 0.588. The molecule has 2 atom stereocenters. The van der Waals surface area contributed by atoms with E-state index in [1.807, 2.05) is 0 Å². The van der Waals surface area contributed by atoms with Crippen molar-refractivity contribution in [1.82, 2.24) is 0 Å². The van der Waals surface area contributed by atoms with Crippen LogP contribution in [0.25, 0.3) is 11.1 Å². The molecular weight excluding hydrogens is 339 g/mol. The molecule has 25 heavy (non-hydrogen) atoms. The van der Waals surface area contributed by atoms with Crippen molar-refractivity contribution in [2.24, 2.45) is 5.92 Å². The second-order valence-electron chi connectivity index (χ2n) is 6.44. The normalized spacial score (nSPS) is 21.4. The van der Waals surface area contributed by atoms with Gasteiger partial charge in [0, 0.05) is 6.61 Å². The van der Waals surface area contributed by atoms with E-state index in [1.54, 1.807) is 24.3 Å². The molecule has 3 rings (SSSR count). The summed E-state index contributed by atoms with van der Waals surface area (Å²) < 4.78 is 71.1. The van der Waals surface area contributed by atoms with Gasteiger partial charge >= 0.3 is 6.18 Å². The van der Waals surface area contributed by atoms with Crippen LogP contribution in [-0.2, 0) is 10.9 Å². The Bertz CT molecular complexity index is 720. The maximum Gasteiger partial charge on any atom is 0.422 e. The summed E-state index contributed by atoms with van der Waals surface area (Å²) in [6, 6.07) is 8.25. The van der Waals surface area contributed by atoms with Crippen molar-refractivity contribution in [3.05, 3.63) is 59.2 Å². The van der Waals surface area contributed by atoms with E-state index in [2.05, 4.69) is 6.92 Å². The molecule has 1 heterocycles. The smallest absolute Gasteiger partial charge is 0.373 e. The predicted molar refractivity (Wildman–Crippen MR) is 83.9 cm³/mol. The molecule has 2 aromatic carbocycles. The highest BCUT2D eigenvalue weighted by atomic mass is 19.4. The van der Waals surface area contributed by atoms with Crippen molar-refractivity contribution in [2.45, 2.75) is 32.0 Å². The third-order valence-corrected chi connectivity index (χ3v) is 4.44. The molecule has 0 aliphatic carbocycles. The topological polar surface area (TPSA) is 9.23 Å². The minimum absolute atomic E-state index is 0.0219. The number of benzene rings is 2. The molecule has 1 aliphatic heterocycles. The lowest BCUT2D eigenvalue weighted by molar-refractivity contribution is -0.142. The van der Waals surface area contributed by atoms with E-state index in [9.17, 15) is 22.0 Å². The number of hydrogen-bond acceptors (Lipinski definition) is 1. The first-order valence-electron chi connectivity index (χ1n) is 8.04. The summed E-state index contributed by atoms with van der Waals surface area (Å²) in [5, 5.41) is 0. The largest absolute Gasteiger partial charge is 0.422 e. The third kappa shape index (κ3) is 3.84. The van der Waals surface area contributed by atoms with E-state index in [0.29, 0.717) is 30.2 Å². The number of halogens is 5. The average Bonchev–Trinajstić information content (AvgIpc) is 2.54. The van der Waals surface area contributed by atoms with Gasteiger partial charge in [0.05, 0.1) is 6.10 Å². The Balaban J connectivity index is 1.85. The molecule has 0 bridgehead atoms. The Morgan fingerprint density at radius 2 is 1.52 bits per heavy atom. The maximum atomic E-state index is 13.7.